The molecule has 0 bridgehead atoms. The maximum absolute atomic E-state index is 12.1. The van der Waals surface area contributed by atoms with Crippen LogP contribution in [0.1, 0.15) is 15.9 Å². The Bertz CT molecular complexity index is 1060. The highest BCUT2D eigenvalue weighted by atomic mass is 28.3. The Labute approximate surface area is 133 Å². The highest BCUT2D eigenvalue weighted by Gasteiger charge is 2.16. The molecule has 5 nitrogen and oxygen atoms in total. The zero-order valence-electron chi connectivity index (χ0n) is 13.1. The molecule has 0 spiro atoms. The number of rotatable bonds is 1. The van der Waals surface area contributed by atoms with Crippen molar-refractivity contribution in [1.29, 1.82) is 0 Å². The first-order valence-corrected chi connectivity index (χ1v) is 10.7. The minimum atomic E-state index is -1.51. The average Bonchev–Trinajstić information content (AvgIpc) is 2.90. The first kappa shape index (κ1) is 15.1. The fraction of sp³-hybridized carbons (Fsp3) is 0.176. The fourth-order valence-corrected chi connectivity index (χ4v) is 2.95. The van der Waals surface area contributed by atoms with Crippen LogP contribution < -0.4 is 5.56 Å². The molecule has 0 saturated carbocycles. The third kappa shape index (κ3) is 2.79. The van der Waals surface area contributed by atoms with E-state index in [2.05, 4.69) is 41.1 Å². The molecule has 0 saturated heterocycles. The van der Waals surface area contributed by atoms with Crippen molar-refractivity contribution in [2.45, 2.75) is 19.6 Å². The summed E-state index contributed by atoms with van der Waals surface area (Å²) < 4.78 is 0. The molecular weight excluding hydrogens is 308 g/mol. The normalized spacial score (nSPS) is 11.4. The Hall–Kier alpha value is -2.78. The molecule has 0 unspecified atom stereocenters. The summed E-state index contributed by atoms with van der Waals surface area (Å²) in [5, 5.41) is 10.5. The monoisotopic (exact) mass is 324 g/mol. The molecule has 0 fully saturated rings. The summed E-state index contributed by atoms with van der Waals surface area (Å²) in [5.74, 6) is 2.09. The van der Waals surface area contributed by atoms with Gasteiger partial charge in [-0.1, -0.05) is 25.6 Å². The van der Waals surface area contributed by atoms with Crippen LogP contribution in [0.2, 0.25) is 19.6 Å². The van der Waals surface area contributed by atoms with E-state index in [-0.39, 0.29) is 16.6 Å². The number of pyridine rings is 1. The van der Waals surface area contributed by atoms with Gasteiger partial charge < -0.3 is 15.1 Å². The van der Waals surface area contributed by atoms with Gasteiger partial charge in [0.25, 0.3) is 5.56 Å². The lowest BCUT2D eigenvalue weighted by Gasteiger charge is -2.05. The number of aromatic carboxylic acids is 1. The van der Waals surface area contributed by atoms with Crippen molar-refractivity contribution in [2.24, 2.45) is 0 Å². The summed E-state index contributed by atoms with van der Waals surface area (Å²) in [6, 6.07) is 5.44. The van der Waals surface area contributed by atoms with Gasteiger partial charge in [0.2, 0.25) is 0 Å². The summed E-state index contributed by atoms with van der Waals surface area (Å²) in [7, 11) is -1.51. The summed E-state index contributed by atoms with van der Waals surface area (Å²) in [6.45, 7) is 6.47. The molecule has 2 heterocycles. The van der Waals surface area contributed by atoms with Gasteiger partial charge in [-0.2, -0.15) is 0 Å². The molecule has 6 heteroatoms. The maximum atomic E-state index is 12.1. The lowest BCUT2D eigenvalue weighted by Crippen LogP contribution is -2.16. The lowest BCUT2D eigenvalue weighted by atomic mass is 10.1. The highest BCUT2D eigenvalue weighted by molar-refractivity contribution is 6.83. The summed E-state index contributed by atoms with van der Waals surface area (Å²) in [4.78, 5) is 29.0. The van der Waals surface area contributed by atoms with Crippen LogP contribution in [0.3, 0.4) is 0 Å². The number of benzene rings is 1. The predicted octanol–water partition coefficient (Wildman–Crippen LogP) is 2.94. The van der Waals surface area contributed by atoms with E-state index in [1.807, 2.05) is 12.1 Å². The number of hydrogen-bond acceptors (Lipinski definition) is 2. The van der Waals surface area contributed by atoms with Crippen LogP contribution in [0.15, 0.2) is 29.2 Å². The standard InChI is InChI=1S/C17H16N2O3Si/c1-23(2,3)7-6-10-4-5-13-11(8-10)14-12(17(21)22)9-18-15(14)16(20)19-13/h4-5,8-9,18H,1-3H3,(H,19,20)(H,21,22). The van der Waals surface area contributed by atoms with Crippen molar-refractivity contribution in [3.05, 3.63) is 45.9 Å². The number of carboxylic acids is 1. The minimum absolute atomic E-state index is 0.0893. The van der Waals surface area contributed by atoms with E-state index in [1.165, 1.54) is 6.20 Å². The van der Waals surface area contributed by atoms with Crippen LogP contribution in [0, 0.1) is 11.5 Å². The van der Waals surface area contributed by atoms with Crippen molar-refractivity contribution in [2.75, 3.05) is 0 Å². The molecule has 0 aliphatic rings. The second-order valence-corrected chi connectivity index (χ2v) is 11.2. The molecule has 0 aliphatic heterocycles. The van der Waals surface area contributed by atoms with Crippen LogP contribution in [0.25, 0.3) is 21.8 Å². The second-order valence-electron chi connectivity index (χ2n) is 6.47. The zero-order valence-corrected chi connectivity index (χ0v) is 14.1. The van der Waals surface area contributed by atoms with Gasteiger partial charge >= 0.3 is 5.97 Å². The molecule has 0 aliphatic carbocycles. The van der Waals surface area contributed by atoms with Crippen LogP contribution in [0.4, 0.5) is 0 Å². The predicted molar refractivity (Wildman–Crippen MR) is 93.6 cm³/mol. The molecule has 1 aromatic carbocycles. The van der Waals surface area contributed by atoms with E-state index in [4.69, 9.17) is 0 Å². The molecule has 3 aromatic rings. The number of hydrogen-bond donors (Lipinski definition) is 3. The summed E-state index contributed by atoms with van der Waals surface area (Å²) in [6.07, 6.45) is 1.35. The molecule has 0 amide bonds. The maximum Gasteiger partial charge on any atom is 0.337 e. The topological polar surface area (TPSA) is 86.0 Å². The molecule has 3 N–H and O–H groups in total. The van der Waals surface area contributed by atoms with Gasteiger partial charge in [-0.05, 0) is 18.2 Å². The van der Waals surface area contributed by atoms with Gasteiger partial charge in [0.05, 0.1) is 5.56 Å². The summed E-state index contributed by atoms with van der Waals surface area (Å²) >= 11 is 0. The number of aromatic amines is 2. The molecule has 0 atom stereocenters. The Morgan fingerprint density at radius 2 is 2.00 bits per heavy atom. The van der Waals surface area contributed by atoms with Crippen LogP contribution in [-0.4, -0.2) is 29.1 Å². The smallest absolute Gasteiger partial charge is 0.337 e. The van der Waals surface area contributed by atoms with Crippen LogP contribution >= 0.6 is 0 Å². The Balaban J connectivity index is 2.36. The van der Waals surface area contributed by atoms with E-state index >= 15 is 0 Å². The van der Waals surface area contributed by atoms with Gasteiger partial charge in [0.1, 0.15) is 13.6 Å². The van der Waals surface area contributed by atoms with Crippen LogP contribution in [0.5, 0.6) is 0 Å². The van der Waals surface area contributed by atoms with E-state index in [0.29, 0.717) is 16.3 Å². The van der Waals surface area contributed by atoms with Crippen molar-refractivity contribution in [3.8, 4) is 11.5 Å². The van der Waals surface area contributed by atoms with Crippen molar-refractivity contribution in [1.82, 2.24) is 9.97 Å². The molecule has 3 rings (SSSR count). The SMILES string of the molecule is C[Si](C)(C)C#Cc1ccc2[nH]c(=O)c3[nH]cc(C(=O)O)c3c2c1. The summed E-state index contributed by atoms with van der Waals surface area (Å²) in [5.41, 5.74) is 4.72. The molecule has 0 radical (unpaired) electrons. The Morgan fingerprint density at radius 3 is 2.65 bits per heavy atom. The van der Waals surface area contributed by atoms with E-state index in [9.17, 15) is 14.7 Å². The number of carbonyl (C=O) groups is 1. The largest absolute Gasteiger partial charge is 0.478 e. The minimum Gasteiger partial charge on any atom is -0.478 e. The number of fused-ring (bicyclic) bond motifs is 3. The number of nitrogens with one attached hydrogen (secondary N) is 2. The third-order valence-electron chi connectivity index (χ3n) is 3.46. The van der Waals surface area contributed by atoms with E-state index in [1.54, 1.807) is 6.07 Å². The first-order chi connectivity index (χ1) is 10.8. The Morgan fingerprint density at radius 1 is 1.26 bits per heavy atom. The van der Waals surface area contributed by atoms with Gasteiger partial charge in [-0.15, -0.1) is 5.54 Å². The fourth-order valence-electron chi connectivity index (χ4n) is 2.43. The first-order valence-electron chi connectivity index (χ1n) is 7.20. The highest BCUT2D eigenvalue weighted by Crippen LogP contribution is 2.25. The van der Waals surface area contributed by atoms with Crippen molar-refractivity contribution in [3.63, 3.8) is 0 Å². The lowest BCUT2D eigenvalue weighted by molar-refractivity contribution is 0.0699. The molecule has 2 aromatic heterocycles. The number of carboxylic acid groups (broad SMARTS) is 1. The number of H-pyrrole nitrogens is 2. The van der Waals surface area contributed by atoms with Gasteiger partial charge in [-0.3, -0.25) is 4.79 Å². The van der Waals surface area contributed by atoms with Gasteiger partial charge in [-0.25, -0.2) is 4.79 Å². The molecular formula is C17H16N2O3Si. The third-order valence-corrected chi connectivity index (χ3v) is 4.33. The van der Waals surface area contributed by atoms with Gasteiger partial charge in [0, 0.05) is 28.0 Å². The van der Waals surface area contributed by atoms with Gasteiger partial charge in [0.15, 0.2) is 0 Å². The number of aromatic nitrogens is 2. The van der Waals surface area contributed by atoms with Crippen molar-refractivity contribution >= 4 is 35.8 Å². The van der Waals surface area contributed by atoms with E-state index in [0.717, 1.165) is 5.56 Å². The Kier molecular flexibility index (Phi) is 3.38. The van der Waals surface area contributed by atoms with E-state index < -0.39 is 14.0 Å². The van der Waals surface area contributed by atoms with Crippen LogP contribution in [-0.2, 0) is 0 Å². The molecule has 23 heavy (non-hydrogen) atoms. The second kappa shape index (κ2) is 5.14. The zero-order chi connectivity index (χ0) is 16.8. The quantitative estimate of drug-likeness (QED) is 0.475. The average molecular weight is 324 g/mol. The molecule has 116 valence electrons. The van der Waals surface area contributed by atoms with Crippen molar-refractivity contribution < 1.29 is 9.90 Å².